The first-order valence-corrected chi connectivity index (χ1v) is 10.3. The molecule has 170 valence electrons. The molecule has 1 aromatic heterocycles. The van der Waals surface area contributed by atoms with Crippen LogP contribution in [0.2, 0.25) is 5.02 Å². The van der Waals surface area contributed by atoms with Crippen LogP contribution in [0.1, 0.15) is 12.5 Å². The fourth-order valence-electron chi connectivity index (χ4n) is 2.86. The van der Waals surface area contributed by atoms with Crippen molar-refractivity contribution in [2.75, 3.05) is 0 Å². The van der Waals surface area contributed by atoms with E-state index in [0.717, 1.165) is 16.9 Å². The van der Waals surface area contributed by atoms with E-state index in [2.05, 4.69) is 10.1 Å². The lowest BCUT2D eigenvalue weighted by molar-refractivity contribution is -0.146. The van der Waals surface area contributed by atoms with Crippen molar-refractivity contribution in [3.63, 3.8) is 0 Å². The van der Waals surface area contributed by atoms with Crippen LogP contribution in [-0.4, -0.2) is 22.2 Å². The first kappa shape index (κ1) is 24.3. The van der Waals surface area contributed by atoms with E-state index in [1.165, 1.54) is 0 Å². The van der Waals surface area contributed by atoms with Gasteiger partial charge in [-0.15, -0.1) is 12.4 Å². The van der Waals surface area contributed by atoms with Crippen LogP contribution in [0.5, 0.6) is 11.5 Å². The summed E-state index contributed by atoms with van der Waals surface area (Å²) < 4.78 is 16.3. The smallest absolute Gasteiger partial charge is 0.322 e. The molecule has 0 aliphatic rings. The Morgan fingerprint density at radius 2 is 1.76 bits per heavy atom. The predicted octanol–water partition coefficient (Wildman–Crippen LogP) is 5.66. The van der Waals surface area contributed by atoms with Gasteiger partial charge in [-0.05, 0) is 61.0 Å². The van der Waals surface area contributed by atoms with Gasteiger partial charge in [0.25, 0.3) is 5.89 Å². The van der Waals surface area contributed by atoms with Gasteiger partial charge in [0, 0.05) is 11.1 Å². The largest absolute Gasteiger partial charge is 0.460 e. The third-order valence-corrected chi connectivity index (χ3v) is 4.85. The highest BCUT2D eigenvalue weighted by molar-refractivity contribution is 6.33. The molecular weight excluding hydrogens is 465 g/mol. The Labute approximate surface area is 201 Å². The van der Waals surface area contributed by atoms with Gasteiger partial charge in [0.1, 0.15) is 24.1 Å². The van der Waals surface area contributed by atoms with Gasteiger partial charge in [-0.2, -0.15) is 4.98 Å². The number of halogens is 2. The Kier molecular flexibility index (Phi) is 8.06. The van der Waals surface area contributed by atoms with E-state index >= 15 is 0 Å². The molecule has 0 aliphatic carbocycles. The number of nitrogens with two attached hydrogens (primary N) is 1. The predicted molar refractivity (Wildman–Crippen MR) is 127 cm³/mol. The van der Waals surface area contributed by atoms with Crippen LogP contribution in [0, 0.1) is 0 Å². The molecule has 4 aromatic rings. The number of benzene rings is 3. The summed E-state index contributed by atoms with van der Waals surface area (Å²) in [5, 5.41) is 4.45. The van der Waals surface area contributed by atoms with Crippen LogP contribution in [0.3, 0.4) is 0 Å². The molecule has 33 heavy (non-hydrogen) atoms. The number of carbonyl (C=O) groups excluding carboxylic acids is 1. The number of para-hydroxylation sites is 1. The maximum atomic E-state index is 11.5. The summed E-state index contributed by atoms with van der Waals surface area (Å²) in [5.74, 6) is 1.69. The van der Waals surface area contributed by atoms with Gasteiger partial charge in [-0.1, -0.05) is 41.0 Å². The zero-order valence-corrected chi connectivity index (χ0v) is 19.2. The van der Waals surface area contributed by atoms with Crippen LogP contribution in [0.4, 0.5) is 0 Å². The number of hydrogen-bond donors (Lipinski definition) is 1. The third kappa shape index (κ3) is 6.10. The highest BCUT2D eigenvalue weighted by Crippen LogP contribution is 2.30. The molecular formula is C24H21Cl2N3O4. The molecule has 0 aliphatic heterocycles. The lowest BCUT2D eigenvalue weighted by Gasteiger charge is -2.08. The van der Waals surface area contributed by atoms with Crippen molar-refractivity contribution in [3.8, 4) is 34.3 Å². The van der Waals surface area contributed by atoms with Gasteiger partial charge in [-0.25, -0.2) is 0 Å². The molecule has 1 heterocycles. The zero-order valence-electron chi connectivity index (χ0n) is 17.6. The normalized spacial score (nSPS) is 11.4. The first-order valence-electron chi connectivity index (χ1n) is 9.87. The van der Waals surface area contributed by atoms with Crippen molar-refractivity contribution < 1.29 is 18.8 Å². The fraction of sp³-hybridized carbons (Fsp3) is 0.125. The highest BCUT2D eigenvalue weighted by Gasteiger charge is 2.15. The average Bonchev–Trinajstić information content (AvgIpc) is 3.28. The number of hydrogen-bond acceptors (Lipinski definition) is 7. The molecule has 0 spiro atoms. The second kappa shape index (κ2) is 11.0. The number of aromatic nitrogens is 2. The molecule has 0 saturated carbocycles. The molecule has 0 radical (unpaired) electrons. The molecule has 0 saturated heterocycles. The number of carbonyl (C=O) groups is 1. The zero-order chi connectivity index (χ0) is 22.5. The number of esters is 1. The van der Waals surface area contributed by atoms with Crippen LogP contribution < -0.4 is 10.5 Å². The molecule has 0 fully saturated rings. The van der Waals surface area contributed by atoms with Crippen molar-refractivity contribution in [1.29, 1.82) is 0 Å². The minimum absolute atomic E-state index is 0. The Hall–Kier alpha value is -3.39. The standard InChI is InChI=1S/C24H20ClN3O4.ClH/c1-15(26)24(29)30-14-16-7-12-20(21(25)13-16)22-27-23(32-28-22)17-8-10-19(11-9-17)31-18-5-3-2-4-6-18;/h2-13,15H,14,26H2,1H3;1H/t15-;/m0./s1. The average molecular weight is 486 g/mol. The van der Waals surface area contributed by atoms with Crippen molar-refractivity contribution in [2.24, 2.45) is 5.73 Å². The minimum atomic E-state index is -0.679. The lowest BCUT2D eigenvalue weighted by Crippen LogP contribution is -2.28. The molecule has 1 atom stereocenters. The molecule has 0 unspecified atom stereocenters. The number of ether oxygens (including phenoxy) is 2. The van der Waals surface area contributed by atoms with E-state index in [1.54, 1.807) is 25.1 Å². The molecule has 7 nitrogen and oxygen atoms in total. The van der Waals surface area contributed by atoms with E-state index in [0.29, 0.717) is 28.1 Å². The van der Waals surface area contributed by atoms with E-state index in [1.807, 2.05) is 54.6 Å². The summed E-state index contributed by atoms with van der Waals surface area (Å²) in [7, 11) is 0. The Bertz CT molecular complexity index is 1210. The summed E-state index contributed by atoms with van der Waals surface area (Å²) in [4.78, 5) is 16.0. The second-order valence-electron chi connectivity index (χ2n) is 7.07. The first-order chi connectivity index (χ1) is 15.5. The summed E-state index contributed by atoms with van der Waals surface area (Å²) >= 11 is 6.39. The van der Waals surface area contributed by atoms with Crippen LogP contribution >= 0.6 is 24.0 Å². The van der Waals surface area contributed by atoms with E-state index in [4.69, 9.17) is 31.3 Å². The van der Waals surface area contributed by atoms with Gasteiger partial charge in [-0.3, -0.25) is 4.79 Å². The topological polar surface area (TPSA) is 100 Å². The van der Waals surface area contributed by atoms with Crippen LogP contribution in [0.15, 0.2) is 77.3 Å². The summed E-state index contributed by atoms with van der Waals surface area (Å²) in [6.45, 7) is 1.64. The number of nitrogens with zero attached hydrogens (tertiary/aromatic N) is 2. The van der Waals surface area contributed by atoms with Crippen molar-refractivity contribution >= 4 is 30.0 Å². The Morgan fingerprint density at radius 3 is 2.42 bits per heavy atom. The molecule has 2 N–H and O–H groups in total. The molecule has 4 rings (SSSR count). The van der Waals surface area contributed by atoms with Crippen molar-refractivity contribution in [1.82, 2.24) is 10.1 Å². The van der Waals surface area contributed by atoms with Crippen molar-refractivity contribution in [3.05, 3.63) is 83.4 Å². The monoisotopic (exact) mass is 485 g/mol. The van der Waals surface area contributed by atoms with E-state index in [9.17, 15) is 4.79 Å². The summed E-state index contributed by atoms with van der Waals surface area (Å²) in [6.07, 6.45) is 0. The van der Waals surface area contributed by atoms with Gasteiger partial charge < -0.3 is 19.7 Å². The highest BCUT2D eigenvalue weighted by atomic mass is 35.5. The van der Waals surface area contributed by atoms with E-state index in [-0.39, 0.29) is 19.0 Å². The molecule has 9 heteroatoms. The Morgan fingerprint density at radius 1 is 1.06 bits per heavy atom. The van der Waals surface area contributed by atoms with Crippen molar-refractivity contribution in [2.45, 2.75) is 19.6 Å². The minimum Gasteiger partial charge on any atom is -0.460 e. The summed E-state index contributed by atoms with van der Waals surface area (Å²) in [5.41, 5.74) is 7.57. The third-order valence-electron chi connectivity index (χ3n) is 4.53. The van der Waals surface area contributed by atoms with E-state index < -0.39 is 12.0 Å². The van der Waals surface area contributed by atoms with Crippen LogP contribution in [0.25, 0.3) is 22.8 Å². The van der Waals surface area contributed by atoms with Gasteiger partial charge in [0.05, 0.1) is 5.02 Å². The van der Waals surface area contributed by atoms with Crippen LogP contribution in [-0.2, 0) is 16.1 Å². The molecule has 0 bridgehead atoms. The maximum absolute atomic E-state index is 11.5. The SMILES string of the molecule is C[C@H](N)C(=O)OCc1ccc(-c2noc(-c3ccc(Oc4ccccc4)cc3)n2)c(Cl)c1.Cl. The quantitative estimate of drug-likeness (QED) is 0.337. The number of rotatable bonds is 7. The summed E-state index contributed by atoms with van der Waals surface area (Å²) in [6, 6.07) is 21.4. The molecule has 3 aromatic carbocycles. The Balaban J connectivity index is 0.00000306. The molecule has 0 amide bonds. The maximum Gasteiger partial charge on any atom is 0.322 e. The fourth-order valence-corrected chi connectivity index (χ4v) is 3.14. The van der Waals surface area contributed by atoms with Gasteiger partial charge in [0.2, 0.25) is 5.82 Å². The van der Waals surface area contributed by atoms with Gasteiger partial charge >= 0.3 is 5.97 Å². The van der Waals surface area contributed by atoms with Gasteiger partial charge in [0.15, 0.2) is 0 Å². The second-order valence-corrected chi connectivity index (χ2v) is 7.48. The lowest BCUT2D eigenvalue weighted by atomic mass is 10.1.